The summed E-state index contributed by atoms with van der Waals surface area (Å²) in [7, 11) is 5.02. The first-order valence-electron chi connectivity index (χ1n) is 5.45. The van der Waals surface area contributed by atoms with Gasteiger partial charge in [-0.3, -0.25) is 0 Å². The maximum absolute atomic E-state index is 5.28. The molecule has 0 saturated heterocycles. The molecule has 0 fully saturated rings. The van der Waals surface area contributed by atoms with E-state index in [0.717, 1.165) is 10.6 Å². The van der Waals surface area contributed by atoms with E-state index in [-0.39, 0.29) is 6.04 Å². The van der Waals surface area contributed by atoms with Crippen molar-refractivity contribution in [3.8, 4) is 11.8 Å². The minimum absolute atomic E-state index is 0.0293. The van der Waals surface area contributed by atoms with Crippen molar-refractivity contribution in [2.45, 2.75) is 6.04 Å². The van der Waals surface area contributed by atoms with E-state index in [9.17, 15) is 0 Å². The maximum Gasteiger partial charge on any atom is 0.240 e. The van der Waals surface area contributed by atoms with E-state index in [4.69, 9.17) is 9.47 Å². The van der Waals surface area contributed by atoms with Crippen LogP contribution in [0.15, 0.2) is 23.7 Å². The van der Waals surface area contributed by atoms with Crippen LogP contribution in [0.5, 0.6) is 11.8 Å². The molecular formula is C12H15N3O2S. The van der Waals surface area contributed by atoms with Crippen molar-refractivity contribution in [1.29, 1.82) is 0 Å². The third-order valence-electron chi connectivity index (χ3n) is 2.54. The summed E-state index contributed by atoms with van der Waals surface area (Å²) < 4.78 is 10.3. The molecular weight excluding hydrogens is 250 g/mol. The summed E-state index contributed by atoms with van der Waals surface area (Å²) in [5.41, 5.74) is 0.753. The molecule has 0 aliphatic heterocycles. The second-order valence-electron chi connectivity index (χ2n) is 3.54. The highest BCUT2D eigenvalue weighted by molar-refractivity contribution is 7.10. The zero-order chi connectivity index (χ0) is 13.0. The molecule has 0 aromatic carbocycles. The van der Waals surface area contributed by atoms with Crippen LogP contribution < -0.4 is 14.8 Å². The van der Waals surface area contributed by atoms with Gasteiger partial charge in [0.25, 0.3) is 0 Å². The fourth-order valence-corrected chi connectivity index (χ4v) is 2.52. The molecule has 2 heterocycles. The number of rotatable bonds is 5. The van der Waals surface area contributed by atoms with Crippen LogP contribution in [-0.4, -0.2) is 31.2 Å². The first-order valence-corrected chi connectivity index (χ1v) is 6.33. The predicted octanol–water partition coefficient (Wildman–Crippen LogP) is 1.86. The van der Waals surface area contributed by atoms with Crippen LogP contribution >= 0.6 is 11.3 Å². The molecule has 0 aliphatic carbocycles. The minimum Gasteiger partial charge on any atom is -0.480 e. The van der Waals surface area contributed by atoms with Gasteiger partial charge in [-0.1, -0.05) is 6.07 Å². The average molecular weight is 265 g/mol. The summed E-state index contributed by atoms with van der Waals surface area (Å²) in [6.07, 6.45) is 1.59. The van der Waals surface area contributed by atoms with Crippen LogP contribution in [0.25, 0.3) is 0 Å². The van der Waals surface area contributed by atoms with E-state index >= 15 is 0 Å². The number of methoxy groups -OCH3 is 2. The Morgan fingerprint density at radius 1 is 1.33 bits per heavy atom. The molecule has 0 radical (unpaired) electrons. The minimum atomic E-state index is -0.0293. The molecule has 2 aromatic heterocycles. The highest BCUT2D eigenvalue weighted by atomic mass is 32.1. The van der Waals surface area contributed by atoms with Crippen molar-refractivity contribution in [2.24, 2.45) is 0 Å². The van der Waals surface area contributed by atoms with Crippen molar-refractivity contribution in [1.82, 2.24) is 15.3 Å². The van der Waals surface area contributed by atoms with Crippen molar-refractivity contribution < 1.29 is 9.47 Å². The lowest BCUT2D eigenvalue weighted by Gasteiger charge is -2.16. The van der Waals surface area contributed by atoms with Gasteiger partial charge in [0, 0.05) is 4.88 Å². The lowest BCUT2D eigenvalue weighted by atomic mass is 10.1. The van der Waals surface area contributed by atoms with Gasteiger partial charge < -0.3 is 14.8 Å². The number of hydrogen-bond acceptors (Lipinski definition) is 6. The molecule has 18 heavy (non-hydrogen) atoms. The van der Waals surface area contributed by atoms with Gasteiger partial charge in [-0.25, -0.2) is 4.98 Å². The van der Waals surface area contributed by atoms with E-state index in [2.05, 4.69) is 21.4 Å². The Bertz CT molecular complexity index is 502. The number of hydrogen-bond donors (Lipinski definition) is 1. The number of nitrogens with zero attached hydrogens (tertiary/aromatic N) is 2. The Kier molecular flexibility index (Phi) is 4.11. The van der Waals surface area contributed by atoms with Crippen molar-refractivity contribution in [3.05, 3.63) is 34.3 Å². The molecule has 2 rings (SSSR count). The molecule has 0 spiro atoms. The Balaban J connectivity index is 2.42. The Labute approximate surface area is 110 Å². The molecule has 1 unspecified atom stereocenters. The first-order chi connectivity index (χ1) is 8.80. The van der Waals surface area contributed by atoms with E-state index < -0.39 is 0 Å². The molecule has 6 heteroatoms. The number of nitrogens with one attached hydrogen (secondary N) is 1. The molecule has 96 valence electrons. The molecule has 0 bridgehead atoms. The van der Waals surface area contributed by atoms with Crippen LogP contribution in [-0.2, 0) is 0 Å². The third kappa shape index (κ3) is 2.44. The van der Waals surface area contributed by atoms with Crippen LogP contribution in [0, 0.1) is 0 Å². The number of ether oxygens (including phenoxy) is 2. The lowest BCUT2D eigenvalue weighted by molar-refractivity contribution is 0.353. The fourth-order valence-electron chi connectivity index (χ4n) is 1.68. The zero-order valence-corrected chi connectivity index (χ0v) is 11.3. The van der Waals surface area contributed by atoms with E-state index in [1.807, 2.05) is 18.5 Å². The second-order valence-corrected chi connectivity index (χ2v) is 4.52. The van der Waals surface area contributed by atoms with Crippen LogP contribution in [0.1, 0.15) is 16.6 Å². The normalized spacial score (nSPS) is 12.2. The summed E-state index contributed by atoms with van der Waals surface area (Å²) in [4.78, 5) is 9.79. The van der Waals surface area contributed by atoms with Gasteiger partial charge in [0.15, 0.2) is 0 Å². The summed E-state index contributed by atoms with van der Waals surface area (Å²) >= 11 is 1.66. The van der Waals surface area contributed by atoms with E-state index in [1.54, 1.807) is 31.8 Å². The lowest BCUT2D eigenvalue weighted by Crippen LogP contribution is -2.19. The topological polar surface area (TPSA) is 56.3 Å². The van der Waals surface area contributed by atoms with Gasteiger partial charge in [0.05, 0.1) is 26.5 Å². The van der Waals surface area contributed by atoms with Crippen molar-refractivity contribution in [2.75, 3.05) is 21.3 Å². The summed E-state index contributed by atoms with van der Waals surface area (Å²) in [5, 5.41) is 5.25. The Morgan fingerprint density at radius 2 is 2.17 bits per heavy atom. The van der Waals surface area contributed by atoms with Crippen LogP contribution in [0.3, 0.4) is 0 Å². The quantitative estimate of drug-likeness (QED) is 0.894. The Morgan fingerprint density at radius 3 is 2.72 bits per heavy atom. The van der Waals surface area contributed by atoms with Gasteiger partial charge in [0.1, 0.15) is 5.69 Å². The van der Waals surface area contributed by atoms with Crippen LogP contribution in [0.2, 0.25) is 0 Å². The average Bonchev–Trinajstić information content (AvgIpc) is 2.94. The summed E-state index contributed by atoms with van der Waals surface area (Å²) in [6.45, 7) is 0. The molecule has 0 amide bonds. The van der Waals surface area contributed by atoms with Gasteiger partial charge in [-0.05, 0) is 18.5 Å². The highest BCUT2D eigenvalue weighted by Gasteiger charge is 2.20. The van der Waals surface area contributed by atoms with Gasteiger partial charge >= 0.3 is 0 Å². The Hall–Kier alpha value is -1.66. The van der Waals surface area contributed by atoms with Crippen molar-refractivity contribution in [3.63, 3.8) is 0 Å². The zero-order valence-electron chi connectivity index (χ0n) is 10.5. The van der Waals surface area contributed by atoms with Gasteiger partial charge in [-0.2, -0.15) is 4.98 Å². The number of aromatic nitrogens is 2. The van der Waals surface area contributed by atoms with Gasteiger partial charge in [0.2, 0.25) is 11.8 Å². The standard InChI is InChI=1S/C12H15N3O2S/c1-13-10(8-5-4-6-18-8)11-12(17-3)15-9(16-2)7-14-11/h4-7,10,13H,1-3H3. The molecule has 0 aliphatic rings. The summed E-state index contributed by atoms with van der Waals surface area (Å²) in [5.74, 6) is 0.915. The molecule has 0 saturated carbocycles. The molecule has 1 atom stereocenters. The van der Waals surface area contributed by atoms with Gasteiger partial charge in [-0.15, -0.1) is 11.3 Å². The highest BCUT2D eigenvalue weighted by Crippen LogP contribution is 2.30. The fraction of sp³-hybridized carbons (Fsp3) is 0.333. The maximum atomic E-state index is 5.28. The molecule has 2 aromatic rings. The van der Waals surface area contributed by atoms with E-state index in [0.29, 0.717) is 11.8 Å². The smallest absolute Gasteiger partial charge is 0.240 e. The number of thiophene rings is 1. The van der Waals surface area contributed by atoms with Crippen molar-refractivity contribution >= 4 is 11.3 Å². The SMILES string of the molecule is CNC(c1cccs1)c1ncc(OC)nc1OC. The first kappa shape index (κ1) is 12.8. The monoisotopic (exact) mass is 265 g/mol. The summed E-state index contributed by atoms with van der Waals surface area (Å²) in [6, 6.07) is 4.03. The second kappa shape index (κ2) is 5.79. The third-order valence-corrected chi connectivity index (χ3v) is 3.47. The van der Waals surface area contributed by atoms with E-state index in [1.165, 1.54) is 0 Å². The predicted molar refractivity (Wildman–Crippen MR) is 70.4 cm³/mol. The molecule has 5 nitrogen and oxygen atoms in total. The largest absolute Gasteiger partial charge is 0.480 e. The van der Waals surface area contributed by atoms with Crippen LogP contribution in [0.4, 0.5) is 0 Å². The molecule has 1 N–H and O–H groups in total.